The molecule has 2 rings (SSSR count). The molecule has 3 nitrogen and oxygen atoms in total. The summed E-state index contributed by atoms with van der Waals surface area (Å²) in [6, 6.07) is 2.03. The molecule has 0 aromatic carbocycles. The molecule has 6 heteroatoms. The number of thiophene rings is 1. The maximum Gasteiger partial charge on any atom is 0.357 e. The van der Waals surface area contributed by atoms with Crippen LogP contribution in [-0.2, 0) is 4.74 Å². The Morgan fingerprint density at radius 2 is 2.06 bits per heavy atom. The van der Waals surface area contributed by atoms with Crippen molar-refractivity contribution in [1.29, 1.82) is 0 Å². The summed E-state index contributed by atoms with van der Waals surface area (Å²) in [6.07, 6.45) is 0. The summed E-state index contributed by atoms with van der Waals surface area (Å²) in [5.41, 5.74) is 0.412. The topological polar surface area (TPSA) is 39.2 Å². The lowest BCUT2D eigenvalue weighted by atomic mass is 10.4. The summed E-state index contributed by atoms with van der Waals surface area (Å²) in [7, 11) is 1.37. The molecule has 0 bridgehead atoms. The number of nitrogens with zero attached hydrogens (tertiary/aromatic N) is 1. The van der Waals surface area contributed by atoms with Crippen LogP contribution in [0.3, 0.4) is 0 Å². The summed E-state index contributed by atoms with van der Waals surface area (Å²) in [5, 5.41) is 0.863. The van der Waals surface area contributed by atoms with E-state index in [1.807, 2.05) is 19.9 Å². The van der Waals surface area contributed by atoms with E-state index < -0.39 is 0 Å². The van der Waals surface area contributed by atoms with Crippen LogP contribution in [0.4, 0.5) is 0 Å². The molecule has 2 aromatic rings. The van der Waals surface area contributed by atoms with Crippen LogP contribution in [0, 0.1) is 13.8 Å². The first-order valence-electron chi connectivity index (χ1n) is 4.85. The van der Waals surface area contributed by atoms with Gasteiger partial charge in [0.2, 0.25) is 0 Å². The van der Waals surface area contributed by atoms with Gasteiger partial charge in [0.1, 0.15) is 5.01 Å². The molecule has 0 amide bonds. The number of hydrogen-bond donors (Lipinski definition) is 0. The average molecular weight is 332 g/mol. The molecule has 0 saturated heterocycles. The molecule has 0 aliphatic carbocycles. The van der Waals surface area contributed by atoms with E-state index in [0.29, 0.717) is 5.69 Å². The monoisotopic (exact) mass is 331 g/mol. The fourth-order valence-corrected chi connectivity index (χ4v) is 3.83. The molecular formula is C11H10BrNO2S2. The van der Waals surface area contributed by atoms with E-state index in [-0.39, 0.29) is 5.97 Å². The van der Waals surface area contributed by atoms with E-state index >= 15 is 0 Å². The van der Waals surface area contributed by atoms with Crippen LogP contribution >= 0.6 is 38.6 Å². The highest BCUT2D eigenvalue weighted by atomic mass is 79.9. The van der Waals surface area contributed by atoms with Gasteiger partial charge < -0.3 is 4.74 Å². The highest BCUT2D eigenvalue weighted by Crippen LogP contribution is 2.37. The Kier molecular flexibility index (Phi) is 3.65. The summed E-state index contributed by atoms with van der Waals surface area (Å²) in [4.78, 5) is 19.0. The molecule has 0 atom stereocenters. The van der Waals surface area contributed by atoms with E-state index in [2.05, 4.69) is 20.9 Å². The second kappa shape index (κ2) is 4.88. The van der Waals surface area contributed by atoms with Crippen molar-refractivity contribution in [3.8, 4) is 9.88 Å². The zero-order valence-corrected chi connectivity index (χ0v) is 12.8. The van der Waals surface area contributed by atoms with Gasteiger partial charge >= 0.3 is 5.97 Å². The number of esters is 1. The third kappa shape index (κ3) is 2.43. The van der Waals surface area contributed by atoms with Crippen LogP contribution in [0.1, 0.15) is 20.2 Å². The lowest BCUT2D eigenvalue weighted by Crippen LogP contribution is -2.02. The minimum Gasteiger partial charge on any atom is -0.464 e. The van der Waals surface area contributed by atoms with Gasteiger partial charge in [0, 0.05) is 14.2 Å². The molecule has 17 heavy (non-hydrogen) atoms. The lowest BCUT2D eigenvalue weighted by molar-refractivity contribution is 0.0594. The van der Waals surface area contributed by atoms with Crippen LogP contribution in [0.25, 0.3) is 9.88 Å². The van der Waals surface area contributed by atoms with Gasteiger partial charge in [-0.2, -0.15) is 0 Å². The second-order valence-electron chi connectivity index (χ2n) is 3.43. The Morgan fingerprint density at radius 1 is 1.35 bits per heavy atom. The maximum atomic E-state index is 11.5. The highest BCUT2D eigenvalue weighted by molar-refractivity contribution is 9.10. The molecule has 2 heterocycles. The zero-order valence-electron chi connectivity index (χ0n) is 9.54. The Hall–Kier alpha value is -0.720. The molecule has 0 fully saturated rings. The van der Waals surface area contributed by atoms with Gasteiger partial charge in [0.05, 0.1) is 12.0 Å². The molecule has 0 radical (unpaired) electrons. The molecular weight excluding hydrogens is 322 g/mol. The van der Waals surface area contributed by atoms with Crippen molar-refractivity contribution in [3.63, 3.8) is 0 Å². The van der Waals surface area contributed by atoms with Crippen molar-refractivity contribution in [2.24, 2.45) is 0 Å². The van der Waals surface area contributed by atoms with Crippen molar-refractivity contribution in [2.45, 2.75) is 13.8 Å². The standard InChI is InChI=1S/C11H10BrNO2S2/c1-5-7(12)4-8(16-5)10-13-9(6(2)17-10)11(14)15-3/h4H,1-3H3. The van der Waals surface area contributed by atoms with Crippen molar-refractivity contribution in [2.75, 3.05) is 7.11 Å². The van der Waals surface area contributed by atoms with Crippen molar-refractivity contribution < 1.29 is 9.53 Å². The van der Waals surface area contributed by atoms with Gasteiger partial charge in [-0.05, 0) is 35.8 Å². The summed E-state index contributed by atoms with van der Waals surface area (Å²) < 4.78 is 5.77. The van der Waals surface area contributed by atoms with Gasteiger partial charge in [0.25, 0.3) is 0 Å². The van der Waals surface area contributed by atoms with Crippen LogP contribution in [0.15, 0.2) is 10.5 Å². The Labute approximate surface area is 116 Å². The van der Waals surface area contributed by atoms with E-state index in [0.717, 1.165) is 19.2 Å². The highest BCUT2D eigenvalue weighted by Gasteiger charge is 2.18. The quantitative estimate of drug-likeness (QED) is 0.779. The molecule has 90 valence electrons. The minimum atomic E-state index is -0.377. The average Bonchev–Trinajstić information content (AvgIpc) is 2.82. The molecule has 0 unspecified atom stereocenters. The Morgan fingerprint density at radius 3 is 2.59 bits per heavy atom. The molecule has 0 aliphatic heterocycles. The number of ether oxygens (including phenoxy) is 1. The number of carbonyl (C=O) groups excluding carboxylic acids is 1. The maximum absolute atomic E-state index is 11.5. The van der Waals surface area contributed by atoms with E-state index in [9.17, 15) is 4.79 Å². The van der Waals surface area contributed by atoms with Crippen LogP contribution < -0.4 is 0 Å². The number of halogens is 1. The molecule has 0 aliphatic rings. The van der Waals surface area contributed by atoms with Crippen molar-refractivity contribution >= 4 is 44.6 Å². The van der Waals surface area contributed by atoms with E-state index in [4.69, 9.17) is 4.74 Å². The molecule has 0 saturated carbocycles. The molecule has 0 N–H and O–H groups in total. The largest absolute Gasteiger partial charge is 0.464 e. The molecule has 0 spiro atoms. The Balaban J connectivity index is 2.44. The summed E-state index contributed by atoms with van der Waals surface area (Å²) >= 11 is 6.65. The van der Waals surface area contributed by atoms with Crippen molar-refractivity contribution in [1.82, 2.24) is 4.98 Å². The number of thiazole rings is 1. The van der Waals surface area contributed by atoms with E-state index in [1.54, 1.807) is 11.3 Å². The van der Waals surface area contributed by atoms with Crippen LogP contribution in [-0.4, -0.2) is 18.1 Å². The SMILES string of the molecule is COC(=O)c1nc(-c2cc(Br)c(C)s2)sc1C. The zero-order chi connectivity index (χ0) is 12.6. The normalized spacial score (nSPS) is 10.6. The van der Waals surface area contributed by atoms with Crippen molar-refractivity contribution in [3.05, 3.63) is 26.0 Å². The van der Waals surface area contributed by atoms with Crippen LogP contribution in [0.5, 0.6) is 0 Å². The summed E-state index contributed by atoms with van der Waals surface area (Å²) in [5.74, 6) is -0.377. The first-order chi connectivity index (χ1) is 8.02. The minimum absolute atomic E-state index is 0.377. The number of aromatic nitrogens is 1. The lowest BCUT2D eigenvalue weighted by Gasteiger charge is -1.93. The van der Waals surface area contributed by atoms with Gasteiger partial charge in [-0.1, -0.05) is 0 Å². The predicted octanol–water partition coefficient (Wildman–Crippen LogP) is 4.04. The second-order valence-corrected chi connectivity index (χ2v) is 6.74. The fraction of sp³-hybridized carbons (Fsp3) is 0.273. The predicted molar refractivity (Wildman–Crippen MR) is 73.9 cm³/mol. The summed E-state index contributed by atoms with van der Waals surface area (Å²) in [6.45, 7) is 3.92. The smallest absolute Gasteiger partial charge is 0.357 e. The third-order valence-corrected chi connectivity index (χ3v) is 5.52. The van der Waals surface area contributed by atoms with Crippen LogP contribution in [0.2, 0.25) is 0 Å². The van der Waals surface area contributed by atoms with Gasteiger partial charge in [-0.25, -0.2) is 9.78 Å². The van der Waals surface area contributed by atoms with Gasteiger partial charge in [-0.15, -0.1) is 22.7 Å². The van der Waals surface area contributed by atoms with Gasteiger partial charge in [-0.3, -0.25) is 0 Å². The fourth-order valence-electron chi connectivity index (χ4n) is 1.35. The third-order valence-electron chi connectivity index (χ3n) is 2.24. The number of carbonyl (C=O) groups is 1. The van der Waals surface area contributed by atoms with E-state index in [1.165, 1.54) is 23.3 Å². The first-order valence-corrected chi connectivity index (χ1v) is 7.27. The number of aryl methyl sites for hydroxylation is 2. The Bertz CT molecular complexity index is 555. The molecule has 2 aromatic heterocycles. The number of methoxy groups -OCH3 is 1. The number of hydrogen-bond acceptors (Lipinski definition) is 5. The number of rotatable bonds is 2. The van der Waals surface area contributed by atoms with Gasteiger partial charge in [0.15, 0.2) is 5.69 Å². The first kappa shape index (κ1) is 12.7.